The monoisotopic (exact) mass is 254 g/mol. The fourth-order valence-corrected chi connectivity index (χ4v) is 3.66. The molecule has 0 unspecified atom stereocenters. The molecule has 0 saturated heterocycles. The van der Waals surface area contributed by atoms with Crippen LogP contribution in [0.1, 0.15) is 40.0 Å². The molecular weight excluding hydrogens is 228 g/mol. The zero-order chi connectivity index (χ0) is 13.8. The summed E-state index contributed by atoms with van der Waals surface area (Å²) in [6.45, 7) is 6.87. The highest BCUT2D eigenvalue weighted by Gasteiger charge is 2.70. The van der Waals surface area contributed by atoms with Gasteiger partial charge in [0.05, 0.1) is 0 Å². The van der Waals surface area contributed by atoms with Gasteiger partial charge >= 0.3 is 6.09 Å². The molecule has 4 nitrogen and oxygen atoms in total. The van der Waals surface area contributed by atoms with Crippen molar-refractivity contribution < 1.29 is 9.53 Å². The van der Waals surface area contributed by atoms with Crippen LogP contribution in [0.15, 0.2) is 0 Å². The van der Waals surface area contributed by atoms with E-state index in [-0.39, 0.29) is 11.6 Å². The van der Waals surface area contributed by atoms with Crippen LogP contribution in [0.3, 0.4) is 0 Å². The number of ether oxygens (including phenoxy) is 1. The molecule has 0 aromatic heterocycles. The smallest absolute Gasteiger partial charge is 0.410 e. The molecule has 4 heteroatoms. The summed E-state index contributed by atoms with van der Waals surface area (Å²) in [6.07, 6.45) is 3.22. The molecule has 3 rings (SSSR count). The van der Waals surface area contributed by atoms with Crippen molar-refractivity contribution >= 4 is 6.09 Å². The second-order valence-corrected chi connectivity index (χ2v) is 7.53. The third-order valence-corrected chi connectivity index (χ3v) is 4.14. The summed E-state index contributed by atoms with van der Waals surface area (Å²) in [6, 6.07) is 0. The number of rotatable bonds is 3. The van der Waals surface area contributed by atoms with Crippen LogP contribution in [0, 0.1) is 5.41 Å². The van der Waals surface area contributed by atoms with E-state index in [9.17, 15) is 4.79 Å². The summed E-state index contributed by atoms with van der Waals surface area (Å²) in [5.41, 5.74) is 0.161. The SMILES string of the molecule is CN(C)CC12CC(N(C)C(=O)OC(C)(C)C)(C1)C2. The number of amides is 1. The van der Waals surface area contributed by atoms with Gasteiger partial charge in [0.1, 0.15) is 5.60 Å². The maximum absolute atomic E-state index is 12.0. The lowest BCUT2D eigenvalue weighted by atomic mass is 9.38. The van der Waals surface area contributed by atoms with E-state index in [1.54, 1.807) is 0 Å². The Morgan fingerprint density at radius 2 is 1.67 bits per heavy atom. The van der Waals surface area contributed by atoms with Crippen molar-refractivity contribution in [3.05, 3.63) is 0 Å². The first-order chi connectivity index (χ1) is 8.08. The molecule has 0 radical (unpaired) electrons. The van der Waals surface area contributed by atoms with Crippen molar-refractivity contribution in [2.24, 2.45) is 5.41 Å². The Kier molecular flexibility index (Phi) is 2.93. The Morgan fingerprint density at radius 3 is 2.06 bits per heavy atom. The van der Waals surface area contributed by atoms with Crippen molar-refractivity contribution in [1.82, 2.24) is 9.80 Å². The molecule has 3 saturated carbocycles. The number of hydrogen-bond acceptors (Lipinski definition) is 3. The Morgan fingerprint density at radius 1 is 1.17 bits per heavy atom. The molecule has 104 valence electrons. The Bertz CT molecular complexity index is 338. The van der Waals surface area contributed by atoms with E-state index < -0.39 is 5.60 Å². The van der Waals surface area contributed by atoms with Crippen LogP contribution in [0.4, 0.5) is 4.79 Å². The molecule has 0 aliphatic heterocycles. The first-order valence-corrected chi connectivity index (χ1v) is 6.69. The molecule has 1 amide bonds. The minimum atomic E-state index is -0.407. The first-order valence-electron chi connectivity index (χ1n) is 6.69. The summed E-state index contributed by atoms with van der Waals surface area (Å²) in [7, 11) is 6.11. The first kappa shape index (κ1) is 13.7. The Hall–Kier alpha value is -0.770. The van der Waals surface area contributed by atoms with Gasteiger partial charge in [-0.2, -0.15) is 0 Å². The van der Waals surface area contributed by atoms with Crippen molar-refractivity contribution in [2.45, 2.75) is 51.2 Å². The highest BCUT2D eigenvalue weighted by Crippen LogP contribution is 2.69. The number of carbonyl (C=O) groups is 1. The molecular formula is C14H26N2O2. The second-order valence-electron chi connectivity index (χ2n) is 7.53. The third-order valence-electron chi connectivity index (χ3n) is 4.14. The molecule has 3 aliphatic carbocycles. The van der Waals surface area contributed by atoms with Gasteiger partial charge in [-0.05, 0) is 59.5 Å². The van der Waals surface area contributed by atoms with Crippen LogP contribution >= 0.6 is 0 Å². The molecule has 18 heavy (non-hydrogen) atoms. The topological polar surface area (TPSA) is 32.8 Å². The van der Waals surface area contributed by atoms with E-state index in [1.807, 2.05) is 32.7 Å². The predicted molar refractivity (Wildman–Crippen MR) is 71.6 cm³/mol. The van der Waals surface area contributed by atoms with Crippen LogP contribution in [-0.4, -0.2) is 54.7 Å². The molecule has 0 spiro atoms. The fourth-order valence-electron chi connectivity index (χ4n) is 3.66. The molecule has 0 aromatic rings. The van der Waals surface area contributed by atoms with Gasteiger partial charge in [-0.1, -0.05) is 0 Å². The number of nitrogens with zero attached hydrogens (tertiary/aromatic N) is 2. The van der Waals surface area contributed by atoms with Crippen molar-refractivity contribution in [3.8, 4) is 0 Å². The standard InChI is InChI=1S/C14H26N2O2/c1-12(2,3)18-11(17)16(6)14-7-13(8-14,9-14)10-15(4)5/h7-10H2,1-6H3. The quantitative estimate of drug-likeness (QED) is 0.775. The average Bonchev–Trinajstić information content (AvgIpc) is 2.04. The summed E-state index contributed by atoms with van der Waals surface area (Å²) in [5.74, 6) is 0. The van der Waals surface area contributed by atoms with Gasteiger partial charge in [-0.25, -0.2) is 4.79 Å². The molecule has 0 heterocycles. The molecule has 0 N–H and O–H groups in total. The minimum absolute atomic E-state index is 0.0956. The predicted octanol–water partition coefficient (Wildman–Crippen LogP) is 2.34. The van der Waals surface area contributed by atoms with E-state index in [0.29, 0.717) is 5.41 Å². The van der Waals surface area contributed by atoms with Gasteiger partial charge in [0.15, 0.2) is 0 Å². The summed E-state index contributed by atoms with van der Waals surface area (Å²) < 4.78 is 5.44. The lowest BCUT2D eigenvalue weighted by Gasteiger charge is -2.73. The van der Waals surface area contributed by atoms with E-state index in [4.69, 9.17) is 4.74 Å². The zero-order valence-corrected chi connectivity index (χ0v) is 12.5. The normalized spacial score (nSPS) is 33.7. The Balaban J connectivity index is 1.87. The molecule has 3 fully saturated rings. The van der Waals surface area contributed by atoms with Crippen molar-refractivity contribution in [2.75, 3.05) is 27.7 Å². The van der Waals surface area contributed by atoms with Gasteiger partial charge in [0.2, 0.25) is 0 Å². The van der Waals surface area contributed by atoms with Gasteiger partial charge in [0, 0.05) is 19.1 Å². The minimum Gasteiger partial charge on any atom is -0.444 e. The molecule has 0 aromatic carbocycles. The van der Waals surface area contributed by atoms with Gasteiger partial charge in [0.25, 0.3) is 0 Å². The fraction of sp³-hybridized carbons (Fsp3) is 0.929. The van der Waals surface area contributed by atoms with Gasteiger partial charge in [-0.3, -0.25) is 0 Å². The van der Waals surface area contributed by atoms with E-state index in [2.05, 4.69) is 19.0 Å². The Labute approximate surface area is 110 Å². The number of hydrogen-bond donors (Lipinski definition) is 0. The van der Waals surface area contributed by atoms with Crippen LogP contribution in [0.25, 0.3) is 0 Å². The highest BCUT2D eigenvalue weighted by molar-refractivity contribution is 5.70. The lowest BCUT2D eigenvalue weighted by Crippen LogP contribution is -2.76. The van der Waals surface area contributed by atoms with E-state index in [1.165, 1.54) is 0 Å². The van der Waals surface area contributed by atoms with Crippen LogP contribution < -0.4 is 0 Å². The van der Waals surface area contributed by atoms with Crippen molar-refractivity contribution in [1.29, 1.82) is 0 Å². The van der Waals surface area contributed by atoms with Gasteiger partial charge in [-0.15, -0.1) is 0 Å². The summed E-state index contributed by atoms with van der Waals surface area (Å²) >= 11 is 0. The van der Waals surface area contributed by atoms with Crippen LogP contribution in [0.5, 0.6) is 0 Å². The summed E-state index contributed by atoms with van der Waals surface area (Å²) in [4.78, 5) is 16.1. The number of carbonyl (C=O) groups excluding carboxylic acids is 1. The second kappa shape index (κ2) is 3.86. The maximum Gasteiger partial charge on any atom is 0.410 e. The van der Waals surface area contributed by atoms with Crippen LogP contribution in [0.2, 0.25) is 0 Å². The van der Waals surface area contributed by atoms with Crippen molar-refractivity contribution in [3.63, 3.8) is 0 Å². The van der Waals surface area contributed by atoms with E-state index >= 15 is 0 Å². The molecule has 3 aliphatic rings. The third kappa shape index (κ3) is 2.22. The van der Waals surface area contributed by atoms with Crippen LogP contribution in [-0.2, 0) is 4.74 Å². The largest absolute Gasteiger partial charge is 0.444 e. The lowest BCUT2D eigenvalue weighted by molar-refractivity contribution is -0.210. The average molecular weight is 254 g/mol. The highest BCUT2D eigenvalue weighted by atomic mass is 16.6. The van der Waals surface area contributed by atoms with E-state index in [0.717, 1.165) is 25.8 Å². The summed E-state index contributed by atoms with van der Waals surface area (Å²) in [5, 5.41) is 0. The van der Waals surface area contributed by atoms with Gasteiger partial charge < -0.3 is 14.5 Å². The molecule has 2 bridgehead atoms. The maximum atomic E-state index is 12.0. The molecule has 0 atom stereocenters. The zero-order valence-electron chi connectivity index (χ0n) is 12.5.